The van der Waals surface area contributed by atoms with Crippen LogP contribution in [0, 0.1) is 0 Å². The third-order valence-corrected chi connectivity index (χ3v) is 10.6. The van der Waals surface area contributed by atoms with Crippen LogP contribution >= 0.6 is 0 Å². The Bertz CT molecular complexity index is 1270. The molecular formula is C42H64N2O8. The predicted molar refractivity (Wildman–Crippen MR) is 202 cm³/mol. The summed E-state index contributed by atoms with van der Waals surface area (Å²) in [6, 6.07) is 19.0. The molecule has 2 fully saturated rings. The Kier molecular flexibility index (Phi) is 14.2. The van der Waals surface area contributed by atoms with E-state index < -0.39 is 12.2 Å². The number of hydrogen-bond acceptors (Lipinski definition) is 10. The van der Waals surface area contributed by atoms with Crippen molar-refractivity contribution < 1.29 is 38.7 Å². The van der Waals surface area contributed by atoms with Gasteiger partial charge >= 0.3 is 11.9 Å². The van der Waals surface area contributed by atoms with E-state index in [0.29, 0.717) is 51.6 Å². The van der Waals surface area contributed by atoms with E-state index in [1.54, 1.807) is 0 Å². The van der Waals surface area contributed by atoms with Gasteiger partial charge in [-0.25, -0.2) is 0 Å². The van der Waals surface area contributed by atoms with Crippen molar-refractivity contribution in [2.24, 2.45) is 0 Å². The Balaban J connectivity index is 1.15. The molecule has 0 bridgehead atoms. The fourth-order valence-corrected chi connectivity index (χ4v) is 8.58. The number of hydrogen-bond donors (Lipinski definition) is 2. The summed E-state index contributed by atoms with van der Waals surface area (Å²) < 4.78 is 23.5. The summed E-state index contributed by atoms with van der Waals surface area (Å²) in [5, 5.41) is 21.6. The molecule has 2 N–H and O–H groups in total. The average molecular weight is 725 g/mol. The van der Waals surface area contributed by atoms with E-state index in [-0.39, 0.29) is 72.4 Å². The fourth-order valence-electron chi connectivity index (χ4n) is 8.58. The van der Waals surface area contributed by atoms with Crippen molar-refractivity contribution >= 4 is 11.9 Å². The lowest BCUT2D eigenvalue weighted by Crippen LogP contribution is -2.64. The van der Waals surface area contributed by atoms with Gasteiger partial charge in [0.05, 0.1) is 0 Å². The van der Waals surface area contributed by atoms with Gasteiger partial charge in [-0.3, -0.25) is 19.4 Å². The van der Waals surface area contributed by atoms with Gasteiger partial charge in [-0.05, 0) is 92.5 Å². The van der Waals surface area contributed by atoms with E-state index in [4.69, 9.17) is 18.9 Å². The van der Waals surface area contributed by atoms with Gasteiger partial charge in [0.25, 0.3) is 0 Å². The lowest BCUT2D eigenvalue weighted by Gasteiger charge is -2.55. The number of nitrogens with zero attached hydrogens (tertiary/aromatic N) is 2. The van der Waals surface area contributed by atoms with Crippen LogP contribution in [0.25, 0.3) is 0 Å². The zero-order valence-electron chi connectivity index (χ0n) is 32.8. The van der Waals surface area contributed by atoms with Crippen LogP contribution in [-0.4, -0.2) is 105 Å². The topological polar surface area (TPSA) is 118 Å². The standard InChI is InChI=1S/C42H64N2O8/c1-39(2)23-35(24-40(3,4)43(39)27-31(45)29-49-33-17-11-9-12-18-33)51-37(47)21-15-16-22-38(48)52-36-25-41(5,6)44(42(7,8)26-36)28-32(46)30-50-34-19-13-10-14-20-34/h9-14,17-20,31-32,35-36,45-46H,15-16,21-30H2,1-8H3. The van der Waals surface area contributed by atoms with Gasteiger partial charge in [-0.2, -0.15) is 0 Å². The Hall–Kier alpha value is -3.18. The lowest BCUT2D eigenvalue weighted by atomic mass is 9.77. The summed E-state index contributed by atoms with van der Waals surface area (Å²) >= 11 is 0. The second-order valence-electron chi connectivity index (χ2n) is 17.3. The third kappa shape index (κ3) is 12.2. The van der Waals surface area contributed by atoms with Gasteiger partial charge in [-0.15, -0.1) is 0 Å². The molecule has 52 heavy (non-hydrogen) atoms. The molecule has 0 aliphatic carbocycles. The lowest BCUT2D eigenvalue weighted by molar-refractivity contribution is -0.164. The van der Waals surface area contributed by atoms with Crippen LogP contribution in [0.1, 0.15) is 107 Å². The van der Waals surface area contributed by atoms with Crippen molar-refractivity contribution in [1.82, 2.24) is 9.80 Å². The van der Waals surface area contributed by atoms with E-state index in [2.05, 4.69) is 65.2 Å². The average Bonchev–Trinajstić information content (AvgIpc) is 3.05. The van der Waals surface area contributed by atoms with E-state index in [1.165, 1.54) is 0 Å². The van der Waals surface area contributed by atoms with Crippen molar-refractivity contribution in [3.63, 3.8) is 0 Å². The maximum Gasteiger partial charge on any atom is 0.306 e. The summed E-state index contributed by atoms with van der Waals surface area (Å²) in [7, 11) is 0. The molecule has 0 aromatic heterocycles. The number of unbranched alkanes of at least 4 members (excludes halogenated alkanes) is 1. The molecule has 290 valence electrons. The molecule has 2 atom stereocenters. The smallest absolute Gasteiger partial charge is 0.306 e. The van der Waals surface area contributed by atoms with Gasteiger partial charge in [0.1, 0.15) is 49.1 Å². The van der Waals surface area contributed by atoms with Gasteiger partial charge in [0.2, 0.25) is 0 Å². The summed E-state index contributed by atoms with van der Waals surface area (Å²) in [6.45, 7) is 18.3. The molecule has 0 radical (unpaired) electrons. The Labute approximate surface area is 311 Å². The highest BCUT2D eigenvalue weighted by molar-refractivity contribution is 5.71. The first-order chi connectivity index (χ1) is 24.4. The number of ether oxygens (including phenoxy) is 4. The molecule has 2 heterocycles. The second-order valence-corrected chi connectivity index (χ2v) is 17.3. The monoisotopic (exact) mass is 724 g/mol. The number of likely N-dealkylation sites (tertiary alicyclic amines) is 2. The normalized spacial score (nSPS) is 21.5. The van der Waals surface area contributed by atoms with Crippen molar-refractivity contribution in [2.75, 3.05) is 26.3 Å². The zero-order valence-corrected chi connectivity index (χ0v) is 32.8. The number of benzene rings is 2. The van der Waals surface area contributed by atoms with E-state index >= 15 is 0 Å². The number of esters is 2. The number of carbonyl (C=O) groups excluding carboxylic acids is 2. The van der Waals surface area contributed by atoms with Crippen LogP contribution in [0.15, 0.2) is 60.7 Å². The molecular weight excluding hydrogens is 660 g/mol. The number of aliphatic hydroxyl groups is 2. The fraction of sp³-hybridized carbons (Fsp3) is 0.667. The Morgan fingerprint density at radius 3 is 1.21 bits per heavy atom. The first-order valence-electron chi connectivity index (χ1n) is 19.0. The van der Waals surface area contributed by atoms with E-state index in [0.717, 1.165) is 11.5 Å². The van der Waals surface area contributed by atoms with Crippen LogP contribution in [0.5, 0.6) is 11.5 Å². The first-order valence-corrected chi connectivity index (χ1v) is 19.0. The maximum absolute atomic E-state index is 12.9. The highest BCUT2D eigenvalue weighted by Crippen LogP contribution is 2.41. The van der Waals surface area contributed by atoms with Gasteiger partial charge in [0, 0.05) is 73.8 Å². The molecule has 2 aliphatic rings. The maximum atomic E-state index is 12.9. The van der Waals surface area contributed by atoms with Crippen molar-refractivity contribution in [2.45, 2.75) is 153 Å². The summed E-state index contributed by atoms with van der Waals surface area (Å²) in [5.74, 6) is 0.960. The summed E-state index contributed by atoms with van der Waals surface area (Å²) in [4.78, 5) is 30.4. The molecule has 0 spiro atoms. The van der Waals surface area contributed by atoms with Gasteiger partial charge in [-0.1, -0.05) is 36.4 Å². The molecule has 2 aliphatic heterocycles. The van der Waals surface area contributed by atoms with Gasteiger partial charge in [0.15, 0.2) is 0 Å². The molecule has 2 aromatic carbocycles. The van der Waals surface area contributed by atoms with Crippen LogP contribution in [-0.2, 0) is 19.1 Å². The highest BCUT2D eigenvalue weighted by Gasteiger charge is 2.48. The highest BCUT2D eigenvalue weighted by atomic mass is 16.5. The minimum Gasteiger partial charge on any atom is -0.491 e. The Morgan fingerprint density at radius 2 is 0.904 bits per heavy atom. The summed E-state index contributed by atoms with van der Waals surface area (Å²) in [5.41, 5.74) is -1.22. The minimum absolute atomic E-state index is 0.199. The van der Waals surface area contributed by atoms with E-state index in [9.17, 15) is 19.8 Å². The molecule has 10 heteroatoms. The molecule has 0 amide bonds. The number of aliphatic hydroxyl groups excluding tert-OH is 2. The SMILES string of the molecule is CC1(C)CC(OC(=O)CCCCC(=O)OC2CC(C)(C)N(CC(O)COc3ccccc3)C(C)(C)C2)CC(C)(C)N1CC(O)COc1ccccc1. The largest absolute Gasteiger partial charge is 0.491 e. The Morgan fingerprint density at radius 1 is 0.596 bits per heavy atom. The number of piperidine rings is 2. The van der Waals surface area contributed by atoms with E-state index in [1.807, 2.05) is 60.7 Å². The third-order valence-electron chi connectivity index (χ3n) is 10.6. The predicted octanol–water partition coefficient (Wildman–Crippen LogP) is 6.56. The molecule has 4 rings (SSSR count). The number of β-amino-alcohol motifs (C(OH)–C–C–N with tert-alkyl or cyclic N) is 2. The van der Waals surface area contributed by atoms with Crippen LogP contribution in [0.2, 0.25) is 0 Å². The van der Waals surface area contributed by atoms with Gasteiger partial charge < -0.3 is 29.2 Å². The van der Waals surface area contributed by atoms with Crippen LogP contribution < -0.4 is 9.47 Å². The number of rotatable bonds is 17. The van der Waals surface area contributed by atoms with Crippen LogP contribution in [0.4, 0.5) is 0 Å². The summed E-state index contributed by atoms with van der Waals surface area (Å²) in [6.07, 6.45) is 2.44. The quantitative estimate of drug-likeness (QED) is 0.137. The molecule has 2 unspecified atom stereocenters. The minimum atomic E-state index is -0.666. The molecule has 10 nitrogen and oxygen atoms in total. The second kappa shape index (κ2) is 17.8. The van der Waals surface area contributed by atoms with Crippen molar-refractivity contribution in [3.8, 4) is 11.5 Å². The first kappa shape index (κ1) is 41.6. The molecule has 0 saturated carbocycles. The zero-order chi connectivity index (χ0) is 38.2. The number of carbonyl (C=O) groups is 2. The van der Waals surface area contributed by atoms with Crippen molar-refractivity contribution in [3.05, 3.63) is 60.7 Å². The number of para-hydroxylation sites is 2. The van der Waals surface area contributed by atoms with Crippen molar-refractivity contribution in [1.29, 1.82) is 0 Å². The van der Waals surface area contributed by atoms with Crippen LogP contribution in [0.3, 0.4) is 0 Å². The molecule has 2 saturated heterocycles. The molecule has 2 aromatic rings.